The SMILES string of the molecule is Cc1cccc(Cn2c3ccc[c]c3c3c(C(N)=O)cccc32)c1. The molecule has 4 rings (SSSR count). The van der Waals surface area contributed by atoms with E-state index < -0.39 is 5.91 Å². The summed E-state index contributed by atoms with van der Waals surface area (Å²) < 4.78 is 2.22. The summed E-state index contributed by atoms with van der Waals surface area (Å²) in [5, 5.41) is 1.82. The quantitative estimate of drug-likeness (QED) is 0.609. The van der Waals surface area contributed by atoms with Gasteiger partial charge in [0.1, 0.15) is 0 Å². The first-order valence-electron chi connectivity index (χ1n) is 7.92. The number of hydrogen-bond acceptors (Lipinski definition) is 1. The molecular weight excluding hydrogens is 296 g/mol. The topological polar surface area (TPSA) is 48.0 Å². The second kappa shape index (κ2) is 5.53. The zero-order valence-corrected chi connectivity index (χ0v) is 13.4. The summed E-state index contributed by atoms with van der Waals surface area (Å²) in [4.78, 5) is 11.9. The highest BCUT2D eigenvalue weighted by Gasteiger charge is 2.16. The van der Waals surface area contributed by atoms with Gasteiger partial charge in [-0.1, -0.05) is 48.0 Å². The van der Waals surface area contributed by atoms with Crippen molar-refractivity contribution in [3.05, 3.63) is 83.4 Å². The van der Waals surface area contributed by atoms with Gasteiger partial charge in [-0.05, 0) is 36.8 Å². The maximum atomic E-state index is 11.9. The van der Waals surface area contributed by atoms with Crippen molar-refractivity contribution in [2.45, 2.75) is 13.5 Å². The van der Waals surface area contributed by atoms with Crippen LogP contribution in [0.4, 0.5) is 0 Å². The van der Waals surface area contributed by atoms with Crippen LogP contribution in [0.3, 0.4) is 0 Å². The van der Waals surface area contributed by atoms with E-state index in [4.69, 9.17) is 5.73 Å². The first-order valence-corrected chi connectivity index (χ1v) is 7.92. The van der Waals surface area contributed by atoms with Crippen LogP contribution in [0.2, 0.25) is 0 Å². The molecule has 0 saturated heterocycles. The van der Waals surface area contributed by atoms with Gasteiger partial charge in [0, 0.05) is 22.9 Å². The number of aryl methyl sites for hydroxylation is 1. The van der Waals surface area contributed by atoms with Crippen molar-refractivity contribution in [3.63, 3.8) is 0 Å². The number of nitrogens with two attached hydrogens (primary N) is 1. The zero-order valence-electron chi connectivity index (χ0n) is 13.4. The number of hydrogen-bond donors (Lipinski definition) is 1. The van der Waals surface area contributed by atoms with Crippen molar-refractivity contribution in [2.75, 3.05) is 0 Å². The first-order chi connectivity index (χ1) is 11.6. The van der Waals surface area contributed by atoms with Gasteiger partial charge in [-0.3, -0.25) is 4.79 Å². The predicted molar refractivity (Wildman–Crippen MR) is 97.1 cm³/mol. The fourth-order valence-corrected chi connectivity index (χ4v) is 3.38. The summed E-state index contributed by atoms with van der Waals surface area (Å²) in [7, 11) is 0. The Bertz CT molecular complexity index is 1080. The minimum absolute atomic E-state index is 0.410. The molecule has 3 heteroatoms. The Morgan fingerprint density at radius 1 is 1.08 bits per heavy atom. The third-order valence-electron chi connectivity index (χ3n) is 4.40. The molecule has 2 N–H and O–H groups in total. The van der Waals surface area contributed by atoms with Crippen LogP contribution in [-0.2, 0) is 6.54 Å². The van der Waals surface area contributed by atoms with Crippen molar-refractivity contribution in [2.24, 2.45) is 5.73 Å². The number of carbonyl (C=O) groups excluding carboxylic acids is 1. The molecule has 0 bridgehead atoms. The van der Waals surface area contributed by atoms with Crippen LogP contribution >= 0.6 is 0 Å². The van der Waals surface area contributed by atoms with Crippen LogP contribution in [0, 0.1) is 13.0 Å². The molecule has 0 aliphatic rings. The predicted octanol–water partition coefficient (Wildman–Crippen LogP) is 4.05. The number of nitrogens with zero attached hydrogens (tertiary/aromatic N) is 1. The lowest BCUT2D eigenvalue weighted by Gasteiger charge is -2.09. The Morgan fingerprint density at radius 2 is 1.88 bits per heavy atom. The molecule has 3 aromatic carbocycles. The maximum Gasteiger partial charge on any atom is 0.249 e. The number of primary amides is 1. The molecule has 0 saturated carbocycles. The lowest BCUT2D eigenvalue weighted by Crippen LogP contribution is -2.11. The maximum absolute atomic E-state index is 11.9. The van der Waals surface area contributed by atoms with Crippen molar-refractivity contribution in [1.29, 1.82) is 0 Å². The highest BCUT2D eigenvalue weighted by Crippen LogP contribution is 2.31. The molecule has 0 atom stereocenters. The molecule has 0 fully saturated rings. The molecule has 1 aromatic heterocycles. The van der Waals surface area contributed by atoms with Gasteiger partial charge >= 0.3 is 0 Å². The fourth-order valence-electron chi connectivity index (χ4n) is 3.38. The molecule has 117 valence electrons. The minimum Gasteiger partial charge on any atom is -0.366 e. The van der Waals surface area contributed by atoms with Gasteiger partial charge in [0.05, 0.1) is 11.0 Å². The Morgan fingerprint density at radius 3 is 2.67 bits per heavy atom. The van der Waals surface area contributed by atoms with E-state index in [9.17, 15) is 4.79 Å². The van der Waals surface area contributed by atoms with Crippen molar-refractivity contribution >= 4 is 27.7 Å². The van der Waals surface area contributed by atoms with E-state index in [1.807, 2.05) is 24.3 Å². The second-order valence-electron chi connectivity index (χ2n) is 6.07. The molecule has 1 amide bonds. The lowest BCUT2D eigenvalue weighted by atomic mass is 10.1. The van der Waals surface area contributed by atoms with Gasteiger partial charge in [0.15, 0.2) is 0 Å². The Hall–Kier alpha value is -3.07. The minimum atomic E-state index is -0.410. The van der Waals surface area contributed by atoms with E-state index in [1.54, 1.807) is 6.07 Å². The van der Waals surface area contributed by atoms with Gasteiger partial charge in [0.2, 0.25) is 5.91 Å². The summed E-state index contributed by atoms with van der Waals surface area (Å²) in [5.41, 5.74) is 10.7. The highest BCUT2D eigenvalue weighted by molar-refractivity contribution is 6.17. The van der Waals surface area contributed by atoms with Crippen LogP contribution in [0.5, 0.6) is 0 Å². The molecule has 0 aliphatic carbocycles. The van der Waals surface area contributed by atoms with E-state index in [0.717, 1.165) is 28.4 Å². The molecule has 3 nitrogen and oxygen atoms in total. The number of aromatic nitrogens is 1. The van der Waals surface area contributed by atoms with Crippen LogP contribution in [0.15, 0.2) is 60.7 Å². The summed E-state index contributed by atoms with van der Waals surface area (Å²) in [6.07, 6.45) is 0. The average molecular weight is 313 g/mol. The van der Waals surface area contributed by atoms with Gasteiger partial charge < -0.3 is 10.3 Å². The molecule has 1 radical (unpaired) electrons. The number of carbonyl (C=O) groups is 1. The van der Waals surface area contributed by atoms with E-state index in [2.05, 4.69) is 47.9 Å². The van der Waals surface area contributed by atoms with Crippen LogP contribution in [0.25, 0.3) is 21.8 Å². The van der Waals surface area contributed by atoms with Gasteiger partial charge in [-0.15, -0.1) is 0 Å². The first kappa shape index (κ1) is 14.5. The summed E-state index contributed by atoms with van der Waals surface area (Å²) >= 11 is 0. The van der Waals surface area contributed by atoms with Crippen molar-refractivity contribution < 1.29 is 4.79 Å². The smallest absolute Gasteiger partial charge is 0.249 e. The third-order valence-corrected chi connectivity index (χ3v) is 4.40. The number of benzene rings is 3. The Balaban J connectivity index is 2.03. The molecule has 4 aromatic rings. The Kier molecular flexibility index (Phi) is 3.35. The molecule has 0 unspecified atom stereocenters. The molecule has 0 aliphatic heterocycles. The van der Waals surface area contributed by atoms with E-state index in [1.165, 1.54) is 11.1 Å². The van der Waals surface area contributed by atoms with Crippen molar-refractivity contribution in [1.82, 2.24) is 4.57 Å². The fraction of sp³-hybridized carbons (Fsp3) is 0.0952. The number of amides is 1. The van der Waals surface area contributed by atoms with Gasteiger partial charge in [-0.2, -0.15) is 0 Å². The molecule has 0 spiro atoms. The van der Waals surface area contributed by atoms with Crippen LogP contribution in [-0.4, -0.2) is 10.5 Å². The van der Waals surface area contributed by atoms with Gasteiger partial charge in [0.25, 0.3) is 0 Å². The monoisotopic (exact) mass is 313 g/mol. The lowest BCUT2D eigenvalue weighted by molar-refractivity contribution is 0.100. The van der Waals surface area contributed by atoms with Gasteiger partial charge in [-0.25, -0.2) is 0 Å². The summed E-state index contributed by atoms with van der Waals surface area (Å²) in [5.74, 6) is -0.410. The van der Waals surface area contributed by atoms with E-state index in [0.29, 0.717) is 5.56 Å². The van der Waals surface area contributed by atoms with Crippen molar-refractivity contribution in [3.8, 4) is 0 Å². The summed E-state index contributed by atoms with van der Waals surface area (Å²) in [6, 6.07) is 23.3. The molecular formula is C21H17N2O. The zero-order chi connectivity index (χ0) is 16.7. The number of fused-ring (bicyclic) bond motifs is 3. The number of rotatable bonds is 3. The summed E-state index contributed by atoms with van der Waals surface area (Å²) in [6.45, 7) is 2.83. The highest BCUT2D eigenvalue weighted by atomic mass is 16.1. The molecule has 1 heterocycles. The largest absolute Gasteiger partial charge is 0.366 e. The Labute approximate surface area is 140 Å². The van der Waals surface area contributed by atoms with Crippen LogP contribution in [0.1, 0.15) is 21.5 Å². The van der Waals surface area contributed by atoms with E-state index >= 15 is 0 Å². The standard InChI is InChI=1S/C21H17N2O/c1-14-6-4-7-15(12-14)13-23-18-10-3-2-8-16(18)20-17(21(22)24)9-5-11-19(20)23/h2-7,9-12H,13H2,1H3,(H2,22,24). The third kappa shape index (κ3) is 2.26. The van der Waals surface area contributed by atoms with E-state index in [-0.39, 0.29) is 0 Å². The second-order valence-corrected chi connectivity index (χ2v) is 6.07. The molecule has 24 heavy (non-hydrogen) atoms. The normalized spacial score (nSPS) is 11.2. The van der Waals surface area contributed by atoms with Crippen LogP contribution < -0.4 is 5.73 Å². The average Bonchev–Trinajstić information content (AvgIpc) is 2.89.